The van der Waals surface area contributed by atoms with E-state index in [1.54, 1.807) is 0 Å². The molecule has 4 heteroatoms. The number of carbonyl (C=O) groups is 1. The van der Waals surface area contributed by atoms with E-state index in [4.69, 9.17) is 10.2 Å². The van der Waals surface area contributed by atoms with Crippen LogP contribution in [0.4, 0.5) is 4.39 Å². The van der Waals surface area contributed by atoms with Crippen molar-refractivity contribution < 1.29 is 19.4 Å². The lowest BCUT2D eigenvalue weighted by atomic mass is 10.1. The van der Waals surface area contributed by atoms with Crippen LogP contribution >= 0.6 is 0 Å². The molecule has 1 aromatic carbocycles. The zero-order chi connectivity index (χ0) is 10.0. The molecule has 0 spiro atoms. The molecular formula is C9H9FO3. The normalized spacial score (nSPS) is 10.0. The van der Waals surface area contributed by atoms with Crippen LogP contribution in [0.15, 0.2) is 12.1 Å². The fourth-order valence-electron chi connectivity index (χ4n) is 1.11. The van der Waals surface area contributed by atoms with E-state index in [2.05, 4.69) is 0 Å². The van der Waals surface area contributed by atoms with E-state index in [1.165, 1.54) is 13.0 Å². The fraction of sp³-hybridized carbons (Fsp3) is 0.222. The number of phenols is 1. The van der Waals surface area contributed by atoms with Gasteiger partial charge < -0.3 is 10.2 Å². The molecule has 0 amide bonds. The number of hydrogen-bond acceptors (Lipinski definition) is 2. The van der Waals surface area contributed by atoms with E-state index in [9.17, 15) is 9.18 Å². The van der Waals surface area contributed by atoms with Crippen molar-refractivity contribution in [3.63, 3.8) is 0 Å². The topological polar surface area (TPSA) is 57.5 Å². The van der Waals surface area contributed by atoms with Gasteiger partial charge >= 0.3 is 5.97 Å². The highest BCUT2D eigenvalue weighted by Gasteiger charge is 2.10. The highest BCUT2D eigenvalue weighted by molar-refractivity contribution is 5.70. The molecule has 3 nitrogen and oxygen atoms in total. The summed E-state index contributed by atoms with van der Waals surface area (Å²) in [5.41, 5.74) is 0.251. The van der Waals surface area contributed by atoms with Gasteiger partial charge in [0.1, 0.15) is 11.6 Å². The Morgan fingerprint density at radius 3 is 2.69 bits per heavy atom. The molecule has 0 aliphatic heterocycles. The van der Waals surface area contributed by atoms with Crippen molar-refractivity contribution >= 4 is 5.97 Å². The third-order valence-electron chi connectivity index (χ3n) is 1.66. The van der Waals surface area contributed by atoms with Gasteiger partial charge in [-0.15, -0.1) is 0 Å². The van der Waals surface area contributed by atoms with Crippen LogP contribution in [0.25, 0.3) is 0 Å². The predicted octanol–water partition coefficient (Wildman–Crippen LogP) is 1.47. The van der Waals surface area contributed by atoms with Gasteiger partial charge in [-0.3, -0.25) is 4.79 Å². The molecule has 0 heterocycles. The van der Waals surface area contributed by atoms with Gasteiger partial charge in [-0.05, 0) is 24.6 Å². The lowest BCUT2D eigenvalue weighted by Crippen LogP contribution is -2.03. The standard InChI is InChI=1S/C9H9FO3/c1-5-2-7(11)3-6(9(5)10)4-8(12)13/h2-3,11H,4H2,1H3,(H,12,13). The number of aliphatic carboxylic acids is 1. The second-order valence-corrected chi connectivity index (χ2v) is 2.81. The summed E-state index contributed by atoms with van der Waals surface area (Å²) in [6.45, 7) is 1.47. The van der Waals surface area contributed by atoms with E-state index >= 15 is 0 Å². The Morgan fingerprint density at radius 2 is 2.15 bits per heavy atom. The summed E-state index contributed by atoms with van der Waals surface area (Å²) in [5, 5.41) is 17.5. The van der Waals surface area contributed by atoms with Crippen molar-refractivity contribution in [2.45, 2.75) is 13.3 Å². The highest BCUT2D eigenvalue weighted by Crippen LogP contribution is 2.20. The van der Waals surface area contributed by atoms with Crippen LogP contribution < -0.4 is 0 Å². The Kier molecular flexibility index (Phi) is 2.51. The molecule has 0 atom stereocenters. The lowest BCUT2D eigenvalue weighted by Gasteiger charge is -2.03. The first-order valence-corrected chi connectivity index (χ1v) is 3.70. The maximum Gasteiger partial charge on any atom is 0.307 e. The first kappa shape index (κ1) is 9.51. The van der Waals surface area contributed by atoms with Gasteiger partial charge in [-0.25, -0.2) is 4.39 Å². The Labute approximate surface area is 74.4 Å². The fourth-order valence-corrected chi connectivity index (χ4v) is 1.11. The van der Waals surface area contributed by atoms with E-state index in [-0.39, 0.29) is 16.9 Å². The molecule has 13 heavy (non-hydrogen) atoms. The minimum atomic E-state index is -1.12. The van der Waals surface area contributed by atoms with Crippen molar-refractivity contribution in [3.8, 4) is 5.75 Å². The number of rotatable bonds is 2. The van der Waals surface area contributed by atoms with Gasteiger partial charge in [0.15, 0.2) is 0 Å². The Morgan fingerprint density at radius 1 is 1.54 bits per heavy atom. The van der Waals surface area contributed by atoms with Crippen LogP contribution in [-0.2, 0) is 11.2 Å². The quantitative estimate of drug-likeness (QED) is 0.731. The maximum atomic E-state index is 13.2. The smallest absolute Gasteiger partial charge is 0.307 e. The second-order valence-electron chi connectivity index (χ2n) is 2.81. The first-order valence-electron chi connectivity index (χ1n) is 3.70. The summed E-state index contributed by atoms with van der Waals surface area (Å²) in [6, 6.07) is 2.37. The van der Waals surface area contributed by atoms with Crippen LogP contribution in [0.2, 0.25) is 0 Å². The lowest BCUT2D eigenvalue weighted by molar-refractivity contribution is -0.136. The molecular weight excluding hydrogens is 175 g/mol. The van der Waals surface area contributed by atoms with Gasteiger partial charge in [0, 0.05) is 5.56 Å². The minimum Gasteiger partial charge on any atom is -0.508 e. The van der Waals surface area contributed by atoms with Crippen molar-refractivity contribution in [3.05, 3.63) is 29.1 Å². The zero-order valence-corrected chi connectivity index (χ0v) is 7.04. The van der Waals surface area contributed by atoms with Crippen molar-refractivity contribution in [2.75, 3.05) is 0 Å². The maximum absolute atomic E-state index is 13.2. The Hall–Kier alpha value is -1.58. The molecule has 0 aliphatic rings. The number of carboxylic acid groups (broad SMARTS) is 1. The van der Waals surface area contributed by atoms with Crippen molar-refractivity contribution in [1.82, 2.24) is 0 Å². The molecule has 0 radical (unpaired) electrons. The van der Waals surface area contributed by atoms with Gasteiger partial charge in [0.25, 0.3) is 0 Å². The zero-order valence-electron chi connectivity index (χ0n) is 7.04. The molecule has 1 aromatic rings. The average molecular weight is 184 g/mol. The number of phenolic OH excluding ortho intramolecular Hbond substituents is 1. The summed E-state index contributed by atoms with van der Waals surface area (Å²) in [6.07, 6.45) is -0.416. The molecule has 0 aliphatic carbocycles. The number of benzene rings is 1. The number of aromatic hydroxyl groups is 1. The van der Waals surface area contributed by atoms with E-state index in [1.807, 2.05) is 0 Å². The largest absolute Gasteiger partial charge is 0.508 e. The van der Waals surface area contributed by atoms with Crippen LogP contribution in [-0.4, -0.2) is 16.2 Å². The Balaban J connectivity index is 3.12. The summed E-state index contributed by atoms with van der Waals surface area (Å²) in [5.74, 6) is -1.81. The second kappa shape index (κ2) is 3.43. The van der Waals surface area contributed by atoms with Crippen molar-refractivity contribution in [2.24, 2.45) is 0 Å². The molecule has 0 fully saturated rings. The monoisotopic (exact) mass is 184 g/mol. The first-order chi connectivity index (χ1) is 6.00. The molecule has 0 saturated heterocycles. The molecule has 0 saturated carbocycles. The SMILES string of the molecule is Cc1cc(O)cc(CC(=O)O)c1F. The number of carboxylic acids is 1. The number of halogens is 1. The number of hydrogen-bond donors (Lipinski definition) is 2. The molecule has 0 unspecified atom stereocenters. The van der Waals surface area contributed by atoms with Gasteiger partial charge in [0.2, 0.25) is 0 Å². The minimum absolute atomic E-state index is 0.00463. The molecule has 0 bridgehead atoms. The van der Waals surface area contributed by atoms with Gasteiger partial charge in [-0.2, -0.15) is 0 Å². The van der Waals surface area contributed by atoms with Gasteiger partial charge in [0.05, 0.1) is 6.42 Å². The van der Waals surface area contributed by atoms with Crippen molar-refractivity contribution in [1.29, 1.82) is 0 Å². The number of aryl methyl sites for hydroxylation is 1. The summed E-state index contributed by atoms with van der Waals surface area (Å²) < 4.78 is 13.2. The summed E-state index contributed by atoms with van der Waals surface area (Å²) >= 11 is 0. The molecule has 0 aromatic heterocycles. The third-order valence-corrected chi connectivity index (χ3v) is 1.66. The summed E-state index contributed by atoms with van der Waals surface area (Å²) in [7, 11) is 0. The van der Waals surface area contributed by atoms with Gasteiger partial charge in [-0.1, -0.05) is 0 Å². The van der Waals surface area contributed by atoms with Crippen LogP contribution in [0.3, 0.4) is 0 Å². The molecule has 2 N–H and O–H groups in total. The van der Waals surface area contributed by atoms with Crippen LogP contribution in [0.1, 0.15) is 11.1 Å². The molecule has 70 valence electrons. The predicted molar refractivity (Wildman–Crippen MR) is 44.1 cm³/mol. The average Bonchev–Trinajstić information content (AvgIpc) is 1.98. The van der Waals surface area contributed by atoms with Crippen LogP contribution in [0, 0.1) is 12.7 Å². The third kappa shape index (κ3) is 2.18. The van der Waals surface area contributed by atoms with E-state index < -0.39 is 18.2 Å². The summed E-state index contributed by atoms with van der Waals surface area (Å²) in [4.78, 5) is 10.3. The highest BCUT2D eigenvalue weighted by atomic mass is 19.1. The van der Waals surface area contributed by atoms with Crippen LogP contribution in [0.5, 0.6) is 5.75 Å². The van der Waals surface area contributed by atoms with E-state index in [0.717, 1.165) is 6.07 Å². The van der Waals surface area contributed by atoms with E-state index in [0.29, 0.717) is 0 Å². The molecule has 1 rings (SSSR count). The Bertz CT molecular complexity index is 347.